The zero-order valence-corrected chi connectivity index (χ0v) is 11.6. The maximum absolute atomic E-state index is 4.71. The van der Waals surface area contributed by atoms with Gasteiger partial charge in [0.15, 0.2) is 0 Å². The highest BCUT2D eigenvalue weighted by atomic mass is 32.1. The van der Waals surface area contributed by atoms with E-state index >= 15 is 0 Å². The van der Waals surface area contributed by atoms with Crippen LogP contribution in [0.15, 0.2) is 18.6 Å². The van der Waals surface area contributed by atoms with E-state index in [1.165, 1.54) is 10.6 Å². The molecular weight excluding hydrogens is 244 g/mol. The van der Waals surface area contributed by atoms with E-state index in [9.17, 15) is 0 Å². The fourth-order valence-corrected chi connectivity index (χ4v) is 2.77. The van der Waals surface area contributed by atoms with Crippen molar-refractivity contribution < 1.29 is 0 Å². The van der Waals surface area contributed by atoms with Gasteiger partial charge in [-0.1, -0.05) is 20.3 Å². The summed E-state index contributed by atoms with van der Waals surface area (Å²) in [6.45, 7) is 6.17. The van der Waals surface area contributed by atoms with Gasteiger partial charge in [0.2, 0.25) is 0 Å². The lowest BCUT2D eigenvalue weighted by atomic mass is 10.2. The number of nitrogens with zero attached hydrogens (tertiary/aromatic N) is 3. The normalized spacial score (nSPS) is 10.8. The van der Waals surface area contributed by atoms with Crippen LogP contribution in [0.4, 0.5) is 0 Å². The third-order valence-corrected chi connectivity index (χ3v) is 3.72. The van der Waals surface area contributed by atoms with Crippen molar-refractivity contribution in [2.45, 2.75) is 33.2 Å². The topological polar surface area (TPSA) is 50.7 Å². The molecule has 0 unspecified atom stereocenters. The third kappa shape index (κ3) is 3.11. The van der Waals surface area contributed by atoms with Crippen LogP contribution in [0.2, 0.25) is 0 Å². The Labute approximate surface area is 112 Å². The van der Waals surface area contributed by atoms with Crippen LogP contribution in [-0.2, 0) is 13.0 Å². The van der Waals surface area contributed by atoms with E-state index in [2.05, 4.69) is 29.1 Å². The van der Waals surface area contributed by atoms with E-state index in [4.69, 9.17) is 4.98 Å². The standard InChI is InChI=1S/C13H18N4S/c1-3-5-10-12(8-14-4-2)18-13(17-10)11-6-7-15-9-16-11/h6-7,9,14H,3-5,8H2,1-2H3. The summed E-state index contributed by atoms with van der Waals surface area (Å²) in [5.74, 6) is 0. The van der Waals surface area contributed by atoms with Crippen LogP contribution in [0.1, 0.15) is 30.8 Å². The van der Waals surface area contributed by atoms with Crippen LogP contribution < -0.4 is 5.32 Å². The monoisotopic (exact) mass is 262 g/mol. The molecule has 0 amide bonds. The first kappa shape index (κ1) is 13.1. The molecule has 2 heterocycles. The number of aromatic nitrogens is 3. The smallest absolute Gasteiger partial charge is 0.142 e. The van der Waals surface area contributed by atoms with Crippen LogP contribution in [0.5, 0.6) is 0 Å². The second-order valence-electron chi connectivity index (χ2n) is 4.01. The van der Waals surface area contributed by atoms with Gasteiger partial charge >= 0.3 is 0 Å². The summed E-state index contributed by atoms with van der Waals surface area (Å²) in [7, 11) is 0. The molecule has 0 bridgehead atoms. The van der Waals surface area contributed by atoms with Crippen molar-refractivity contribution in [1.82, 2.24) is 20.3 Å². The van der Waals surface area contributed by atoms with Gasteiger partial charge in [-0.05, 0) is 19.0 Å². The van der Waals surface area contributed by atoms with Gasteiger partial charge in [0, 0.05) is 17.6 Å². The Morgan fingerprint density at radius 2 is 2.22 bits per heavy atom. The summed E-state index contributed by atoms with van der Waals surface area (Å²) < 4.78 is 0. The van der Waals surface area contributed by atoms with Crippen molar-refractivity contribution in [3.8, 4) is 10.7 Å². The summed E-state index contributed by atoms with van der Waals surface area (Å²) in [6, 6.07) is 1.91. The highest BCUT2D eigenvalue weighted by Gasteiger charge is 2.12. The molecule has 2 aromatic heterocycles. The van der Waals surface area contributed by atoms with Gasteiger partial charge in [0.05, 0.1) is 5.69 Å². The van der Waals surface area contributed by atoms with E-state index in [1.54, 1.807) is 23.9 Å². The molecule has 1 N–H and O–H groups in total. The minimum absolute atomic E-state index is 0.897. The van der Waals surface area contributed by atoms with E-state index in [-0.39, 0.29) is 0 Å². The van der Waals surface area contributed by atoms with Crippen LogP contribution in [0, 0.1) is 0 Å². The van der Waals surface area contributed by atoms with Gasteiger partial charge in [-0.3, -0.25) is 0 Å². The van der Waals surface area contributed by atoms with Gasteiger partial charge in [0.1, 0.15) is 17.0 Å². The minimum Gasteiger partial charge on any atom is -0.312 e. The molecule has 0 radical (unpaired) electrons. The van der Waals surface area contributed by atoms with Crippen molar-refractivity contribution in [2.75, 3.05) is 6.54 Å². The molecule has 0 atom stereocenters. The molecule has 0 aliphatic carbocycles. The molecule has 0 spiro atoms. The third-order valence-electron chi connectivity index (χ3n) is 2.60. The molecule has 0 fully saturated rings. The van der Waals surface area contributed by atoms with Crippen LogP contribution in [-0.4, -0.2) is 21.5 Å². The fraction of sp³-hybridized carbons (Fsp3) is 0.462. The molecule has 18 heavy (non-hydrogen) atoms. The molecular formula is C13H18N4S. The van der Waals surface area contributed by atoms with Gasteiger partial charge in [-0.15, -0.1) is 11.3 Å². The Bertz CT molecular complexity index is 481. The predicted molar refractivity (Wildman–Crippen MR) is 74.5 cm³/mol. The maximum Gasteiger partial charge on any atom is 0.142 e. The van der Waals surface area contributed by atoms with Crippen molar-refractivity contribution in [3.63, 3.8) is 0 Å². The lowest BCUT2D eigenvalue weighted by Crippen LogP contribution is -2.11. The predicted octanol–water partition coefficient (Wildman–Crippen LogP) is 2.66. The molecule has 0 aliphatic heterocycles. The number of hydrogen-bond acceptors (Lipinski definition) is 5. The van der Waals surface area contributed by atoms with Gasteiger partial charge < -0.3 is 5.32 Å². The zero-order chi connectivity index (χ0) is 12.8. The second kappa shape index (κ2) is 6.56. The Morgan fingerprint density at radius 3 is 2.89 bits per heavy atom. The lowest BCUT2D eigenvalue weighted by Gasteiger charge is -2.00. The van der Waals surface area contributed by atoms with Crippen molar-refractivity contribution >= 4 is 11.3 Å². The summed E-state index contributed by atoms with van der Waals surface area (Å²) in [6.07, 6.45) is 5.47. The number of hydrogen-bond donors (Lipinski definition) is 1. The Morgan fingerprint density at radius 1 is 1.33 bits per heavy atom. The van der Waals surface area contributed by atoms with E-state index in [1.807, 2.05) is 6.07 Å². The van der Waals surface area contributed by atoms with E-state index in [0.29, 0.717) is 0 Å². The Balaban J connectivity index is 2.27. The minimum atomic E-state index is 0.897. The molecule has 0 saturated carbocycles. The van der Waals surface area contributed by atoms with E-state index < -0.39 is 0 Å². The maximum atomic E-state index is 4.71. The van der Waals surface area contributed by atoms with Crippen molar-refractivity contribution in [2.24, 2.45) is 0 Å². The number of rotatable bonds is 6. The molecule has 0 aliphatic rings. The Hall–Kier alpha value is -1.33. The van der Waals surface area contributed by atoms with Gasteiger partial charge in [-0.2, -0.15) is 0 Å². The second-order valence-corrected chi connectivity index (χ2v) is 5.10. The number of thiazole rings is 1. The van der Waals surface area contributed by atoms with Crippen molar-refractivity contribution in [3.05, 3.63) is 29.2 Å². The molecule has 96 valence electrons. The summed E-state index contributed by atoms with van der Waals surface area (Å²) >= 11 is 1.73. The lowest BCUT2D eigenvalue weighted by molar-refractivity contribution is 0.723. The first-order chi connectivity index (χ1) is 8.85. The van der Waals surface area contributed by atoms with Crippen LogP contribution >= 0.6 is 11.3 Å². The largest absolute Gasteiger partial charge is 0.312 e. The molecule has 2 rings (SSSR count). The number of aryl methyl sites for hydroxylation is 1. The van der Waals surface area contributed by atoms with Crippen molar-refractivity contribution in [1.29, 1.82) is 0 Å². The molecule has 2 aromatic rings. The molecule has 5 heteroatoms. The average molecular weight is 262 g/mol. The highest BCUT2D eigenvalue weighted by molar-refractivity contribution is 7.15. The van der Waals surface area contributed by atoms with Gasteiger partial charge in [-0.25, -0.2) is 15.0 Å². The highest BCUT2D eigenvalue weighted by Crippen LogP contribution is 2.27. The molecule has 0 saturated heterocycles. The summed E-state index contributed by atoms with van der Waals surface area (Å²) in [5, 5.41) is 4.36. The first-order valence-corrected chi connectivity index (χ1v) is 7.12. The number of nitrogens with one attached hydrogen (secondary N) is 1. The van der Waals surface area contributed by atoms with Gasteiger partial charge in [0.25, 0.3) is 0 Å². The zero-order valence-electron chi connectivity index (χ0n) is 10.8. The van der Waals surface area contributed by atoms with Crippen LogP contribution in [0.25, 0.3) is 10.7 Å². The fourth-order valence-electron chi connectivity index (χ4n) is 1.72. The SMILES string of the molecule is CCCc1nc(-c2ccncn2)sc1CNCC. The first-order valence-electron chi connectivity index (χ1n) is 6.30. The molecule has 0 aromatic carbocycles. The Kier molecular flexibility index (Phi) is 4.78. The average Bonchev–Trinajstić information content (AvgIpc) is 2.81. The quantitative estimate of drug-likeness (QED) is 0.869. The summed E-state index contributed by atoms with van der Waals surface area (Å²) in [4.78, 5) is 14.2. The van der Waals surface area contributed by atoms with E-state index in [0.717, 1.165) is 36.6 Å². The van der Waals surface area contributed by atoms with Crippen LogP contribution in [0.3, 0.4) is 0 Å². The summed E-state index contributed by atoms with van der Waals surface area (Å²) in [5.41, 5.74) is 2.12. The molecule has 4 nitrogen and oxygen atoms in total.